The minimum absolute atomic E-state index is 0.135. The largest absolute Gasteiger partial charge is 0.353 e. The van der Waals surface area contributed by atoms with E-state index in [-0.39, 0.29) is 36.7 Å². The Labute approximate surface area is 141 Å². The summed E-state index contributed by atoms with van der Waals surface area (Å²) < 4.78 is 2.41. The van der Waals surface area contributed by atoms with Gasteiger partial charge in [0, 0.05) is 18.3 Å². The number of aromatic nitrogens is 5. The van der Waals surface area contributed by atoms with Gasteiger partial charge in [-0.1, -0.05) is 17.3 Å². The molecular formula is C16H16N6O3. The fraction of sp³-hybridized carbons (Fsp3) is 0.250. The van der Waals surface area contributed by atoms with Crippen LogP contribution in [0.3, 0.4) is 0 Å². The third-order valence-corrected chi connectivity index (χ3v) is 3.61. The molecular weight excluding hydrogens is 324 g/mol. The Morgan fingerprint density at radius 2 is 2.04 bits per heavy atom. The molecule has 25 heavy (non-hydrogen) atoms. The van der Waals surface area contributed by atoms with Gasteiger partial charge in [-0.05, 0) is 19.1 Å². The molecule has 9 heteroatoms. The SMILES string of the molecule is Cc1cc(=O)n(CC(=O)NCCn2nnc3ccccc3c2=O)cn1. The number of hydrogen-bond acceptors (Lipinski definition) is 6. The van der Waals surface area contributed by atoms with E-state index in [0.717, 1.165) is 0 Å². The second kappa shape index (κ2) is 7.04. The summed E-state index contributed by atoms with van der Waals surface area (Å²) in [5.41, 5.74) is 0.563. The highest BCUT2D eigenvalue weighted by Gasteiger charge is 2.07. The Morgan fingerprint density at radius 1 is 1.24 bits per heavy atom. The average Bonchev–Trinajstić information content (AvgIpc) is 2.60. The molecule has 0 aliphatic rings. The minimum Gasteiger partial charge on any atom is -0.353 e. The van der Waals surface area contributed by atoms with Crippen molar-refractivity contribution in [2.75, 3.05) is 6.54 Å². The zero-order chi connectivity index (χ0) is 17.8. The molecule has 0 saturated carbocycles. The number of benzene rings is 1. The monoisotopic (exact) mass is 340 g/mol. The van der Waals surface area contributed by atoms with Gasteiger partial charge in [-0.25, -0.2) is 9.67 Å². The van der Waals surface area contributed by atoms with Gasteiger partial charge < -0.3 is 5.32 Å². The molecule has 0 spiro atoms. The van der Waals surface area contributed by atoms with E-state index in [4.69, 9.17) is 0 Å². The zero-order valence-electron chi connectivity index (χ0n) is 13.5. The van der Waals surface area contributed by atoms with Crippen LogP contribution in [0.5, 0.6) is 0 Å². The highest BCUT2D eigenvalue weighted by atomic mass is 16.2. The number of aryl methyl sites for hydroxylation is 1. The van der Waals surface area contributed by atoms with Crippen molar-refractivity contribution in [2.24, 2.45) is 0 Å². The second-order valence-corrected chi connectivity index (χ2v) is 5.48. The van der Waals surface area contributed by atoms with E-state index in [1.54, 1.807) is 31.2 Å². The highest BCUT2D eigenvalue weighted by molar-refractivity contribution is 5.76. The van der Waals surface area contributed by atoms with Gasteiger partial charge in [0.05, 0.1) is 18.3 Å². The van der Waals surface area contributed by atoms with Crippen LogP contribution in [0.25, 0.3) is 10.9 Å². The van der Waals surface area contributed by atoms with E-state index in [0.29, 0.717) is 16.6 Å². The van der Waals surface area contributed by atoms with Crippen molar-refractivity contribution >= 4 is 16.8 Å². The van der Waals surface area contributed by atoms with Crippen molar-refractivity contribution in [1.29, 1.82) is 0 Å². The number of nitrogens with zero attached hydrogens (tertiary/aromatic N) is 5. The first-order valence-corrected chi connectivity index (χ1v) is 7.67. The summed E-state index contributed by atoms with van der Waals surface area (Å²) in [7, 11) is 0. The second-order valence-electron chi connectivity index (χ2n) is 5.48. The zero-order valence-corrected chi connectivity index (χ0v) is 13.5. The van der Waals surface area contributed by atoms with Crippen LogP contribution in [0.2, 0.25) is 0 Å². The van der Waals surface area contributed by atoms with Crippen molar-refractivity contribution in [2.45, 2.75) is 20.0 Å². The molecule has 2 heterocycles. The molecule has 1 N–H and O–H groups in total. The van der Waals surface area contributed by atoms with Crippen LogP contribution >= 0.6 is 0 Å². The summed E-state index contributed by atoms with van der Waals surface area (Å²) in [5, 5.41) is 10.9. The lowest BCUT2D eigenvalue weighted by Gasteiger charge is -2.08. The maximum absolute atomic E-state index is 12.3. The van der Waals surface area contributed by atoms with E-state index in [2.05, 4.69) is 20.6 Å². The molecule has 0 aliphatic heterocycles. The molecule has 0 radical (unpaired) electrons. The van der Waals surface area contributed by atoms with Crippen LogP contribution in [0.4, 0.5) is 0 Å². The molecule has 1 amide bonds. The van der Waals surface area contributed by atoms with Crippen LogP contribution in [-0.2, 0) is 17.9 Å². The van der Waals surface area contributed by atoms with Crippen molar-refractivity contribution < 1.29 is 4.79 Å². The van der Waals surface area contributed by atoms with Crippen LogP contribution in [0.15, 0.2) is 46.2 Å². The van der Waals surface area contributed by atoms with Gasteiger partial charge in [-0.3, -0.25) is 19.0 Å². The lowest BCUT2D eigenvalue weighted by molar-refractivity contribution is -0.121. The van der Waals surface area contributed by atoms with Gasteiger partial charge in [0.25, 0.3) is 11.1 Å². The number of amides is 1. The van der Waals surface area contributed by atoms with E-state index >= 15 is 0 Å². The Kier molecular flexibility index (Phi) is 4.64. The molecule has 2 aromatic heterocycles. The van der Waals surface area contributed by atoms with Gasteiger partial charge in [0.15, 0.2) is 0 Å². The number of nitrogens with one attached hydrogen (secondary N) is 1. The van der Waals surface area contributed by atoms with Crippen LogP contribution < -0.4 is 16.4 Å². The van der Waals surface area contributed by atoms with Crippen molar-refractivity contribution in [3.63, 3.8) is 0 Å². The van der Waals surface area contributed by atoms with Gasteiger partial charge in [-0.2, -0.15) is 0 Å². The van der Waals surface area contributed by atoms with Gasteiger partial charge in [0.1, 0.15) is 12.1 Å². The molecule has 3 rings (SSSR count). The van der Waals surface area contributed by atoms with Gasteiger partial charge >= 0.3 is 0 Å². The number of fused-ring (bicyclic) bond motifs is 1. The predicted octanol–water partition coefficient (Wildman–Crippen LogP) is -0.527. The summed E-state index contributed by atoms with van der Waals surface area (Å²) in [6.07, 6.45) is 1.33. The molecule has 0 fully saturated rings. The summed E-state index contributed by atoms with van der Waals surface area (Å²) in [4.78, 5) is 39.9. The van der Waals surface area contributed by atoms with Crippen molar-refractivity contribution in [3.05, 3.63) is 63.1 Å². The van der Waals surface area contributed by atoms with Gasteiger partial charge in [0.2, 0.25) is 5.91 Å². The van der Waals surface area contributed by atoms with Crippen molar-refractivity contribution in [1.82, 2.24) is 29.9 Å². The Morgan fingerprint density at radius 3 is 2.84 bits per heavy atom. The number of carbonyl (C=O) groups is 1. The normalized spacial score (nSPS) is 10.8. The molecule has 0 atom stereocenters. The van der Waals surface area contributed by atoms with Gasteiger partial charge in [-0.15, -0.1) is 5.10 Å². The average molecular weight is 340 g/mol. The maximum atomic E-state index is 12.3. The molecule has 3 aromatic rings. The first-order valence-electron chi connectivity index (χ1n) is 7.67. The fourth-order valence-corrected chi connectivity index (χ4v) is 2.32. The highest BCUT2D eigenvalue weighted by Crippen LogP contribution is 2.02. The lowest BCUT2D eigenvalue weighted by Crippen LogP contribution is -2.36. The molecule has 0 saturated heterocycles. The third-order valence-electron chi connectivity index (χ3n) is 3.61. The summed E-state index contributed by atoms with van der Waals surface area (Å²) in [5.74, 6) is -0.352. The Balaban J connectivity index is 1.61. The Hall–Kier alpha value is -3.36. The lowest BCUT2D eigenvalue weighted by atomic mass is 10.2. The van der Waals surface area contributed by atoms with Crippen molar-refractivity contribution in [3.8, 4) is 0 Å². The predicted molar refractivity (Wildman–Crippen MR) is 90.0 cm³/mol. The number of hydrogen-bond donors (Lipinski definition) is 1. The van der Waals surface area contributed by atoms with E-state index in [1.807, 2.05) is 0 Å². The smallest absolute Gasteiger partial charge is 0.277 e. The quantitative estimate of drug-likeness (QED) is 0.668. The molecule has 0 bridgehead atoms. The van der Waals surface area contributed by atoms with Crippen LogP contribution in [-0.4, -0.2) is 37.0 Å². The Bertz CT molecular complexity index is 1040. The standard InChI is InChI=1S/C16H16N6O3/c1-11-8-15(24)21(10-18-11)9-14(23)17-6-7-22-16(25)12-4-2-3-5-13(12)19-20-22/h2-5,8,10H,6-7,9H2,1H3,(H,17,23). The molecule has 9 nitrogen and oxygen atoms in total. The maximum Gasteiger partial charge on any atom is 0.277 e. The first kappa shape index (κ1) is 16.5. The van der Waals surface area contributed by atoms with E-state index in [9.17, 15) is 14.4 Å². The summed E-state index contributed by atoms with van der Waals surface area (Å²) in [6.45, 7) is 1.95. The topological polar surface area (TPSA) is 112 Å². The third kappa shape index (κ3) is 3.77. The molecule has 1 aromatic carbocycles. The summed E-state index contributed by atoms with van der Waals surface area (Å²) >= 11 is 0. The first-order chi connectivity index (χ1) is 12.0. The minimum atomic E-state index is -0.352. The van der Waals surface area contributed by atoms with Crippen LogP contribution in [0.1, 0.15) is 5.69 Å². The molecule has 0 aliphatic carbocycles. The fourth-order valence-electron chi connectivity index (χ4n) is 2.32. The van der Waals surface area contributed by atoms with E-state index in [1.165, 1.54) is 21.6 Å². The van der Waals surface area contributed by atoms with E-state index < -0.39 is 0 Å². The molecule has 128 valence electrons. The number of carbonyl (C=O) groups excluding carboxylic acids is 1. The summed E-state index contributed by atoms with van der Waals surface area (Å²) in [6, 6.07) is 8.28. The van der Waals surface area contributed by atoms with Crippen LogP contribution in [0, 0.1) is 6.92 Å². The number of rotatable bonds is 5. The molecule has 0 unspecified atom stereocenters.